The van der Waals surface area contributed by atoms with Gasteiger partial charge in [-0.3, -0.25) is 0 Å². The lowest BCUT2D eigenvalue weighted by atomic mass is 10.4. The van der Waals surface area contributed by atoms with Crippen molar-refractivity contribution in [2.24, 2.45) is 0 Å². The van der Waals surface area contributed by atoms with E-state index in [0.717, 1.165) is 5.65 Å². The minimum atomic E-state index is 0.597. The van der Waals surface area contributed by atoms with Crippen LogP contribution in [0.15, 0.2) is 30.6 Å². The third kappa shape index (κ3) is 0.767. The number of imidazole rings is 1. The fraction of sp³-hybridized carbons (Fsp3) is 0. The summed E-state index contributed by atoms with van der Waals surface area (Å²) in [6, 6.07) is 5.46. The van der Waals surface area contributed by atoms with E-state index in [9.17, 15) is 0 Å². The minimum absolute atomic E-state index is 0.597. The molecule has 2 heterocycles. The van der Waals surface area contributed by atoms with E-state index in [1.165, 1.54) is 0 Å². The van der Waals surface area contributed by atoms with Crippen molar-refractivity contribution in [1.29, 1.82) is 0 Å². The molecule has 3 nitrogen and oxygen atoms in total. The van der Waals surface area contributed by atoms with Gasteiger partial charge in [-0.15, -0.1) is 0 Å². The highest BCUT2D eigenvalue weighted by atomic mass is 15.0. The molecule has 0 saturated carbocycles. The summed E-state index contributed by atoms with van der Waals surface area (Å²) in [5.74, 6) is 0.597. The first kappa shape index (κ1) is 5.93. The Bertz CT molecular complexity index is 422. The Morgan fingerprint density at radius 2 is 2.36 bits per heavy atom. The quantitative estimate of drug-likeness (QED) is 0.516. The second-order valence-electron chi connectivity index (χ2n) is 2.15. The number of fused-ring (bicyclic) bond motifs is 1. The maximum Gasteiger partial charge on any atom is 0.236 e. The summed E-state index contributed by atoms with van der Waals surface area (Å²) in [5, 5.41) is 0. The predicted octanol–water partition coefficient (Wildman–Crippen LogP) is 1.89. The van der Waals surface area contributed by atoms with Crippen molar-refractivity contribution in [2.45, 2.75) is 0 Å². The standard InChI is InChI=1S/C8H5N3/c1-9-7-3-2-4-8-10-5-6-11(7)8/h2-6H. The van der Waals surface area contributed by atoms with Crippen molar-refractivity contribution in [1.82, 2.24) is 9.38 Å². The number of rotatable bonds is 0. The molecule has 0 spiro atoms. The van der Waals surface area contributed by atoms with Gasteiger partial charge in [-0.2, -0.15) is 0 Å². The van der Waals surface area contributed by atoms with Gasteiger partial charge in [0.25, 0.3) is 0 Å². The molecule has 2 rings (SSSR count). The fourth-order valence-corrected chi connectivity index (χ4v) is 1.02. The van der Waals surface area contributed by atoms with E-state index in [4.69, 9.17) is 6.57 Å². The normalized spacial score (nSPS) is 9.73. The van der Waals surface area contributed by atoms with Crippen LogP contribution in [-0.2, 0) is 0 Å². The monoisotopic (exact) mass is 143 g/mol. The Labute approximate surface area is 63.7 Å². The molecule has 0 radical (unpaired) electrons. The molecule has 11 heavy (non-hydrogen) atoms. The van der Waals surface area contributed by atoms with E-state index in [-0.39, 0.29) is 0 Å². The Morgan fingerprint density at radius 3 is 3.18 bits per heavy atom. The highest BCUT2D eigenvalue weighted by Crippen LogP contribution is 2.13. The van der Waals surface area contributed by atoms with Crippen LogP contribution in [0.5, 0.6) is 0 Å². The maximum absolute atomic E-state index is 6.84. The van der Waals surface area contributed by atoms with Crippen LogP contribution in [0, 0.1) is 6.57 Å². The van der Waals surface area contributed by atoms with Crippen molar-refractivity contribution in [3.63, 3.8) is 0 Å². The summed E-state index contributed by atoms with van der Waals surface area (Å²) in [4.78, 5) is 7.39. The molecule has 0 amide bonds. The summed E-state index contributed by atoms with van der Waals surface area (Å²) >= 11 is 0. The van der Waals surface area contributed by atoms with Crippen molar-refractivity contribution < 1.29 is 0 Å². The highest BCUT2D eigenvalue weighted by Gasteiger charge is 1.98. The minimum Gasteiger partial charge on any atom is -0.364 e. The van der Waals surface area contributed by atoms with Crippen molar-refractivity contribution in [3.05, 3.63) is 42.0 Å². The zero-order chi connectivity index (χ0) is 7.68. The van der Waals surface area contributed by atoms with Crippen LogP contribution in [-0.4, -0.2) is 9.38 Å². The Hall–Kier alpha value is -1.82. The van der Waals surface area contributed by atoms with Gasteiger partial charge in [0.15, 0.2) is 0 Å². The largest absolute Gasteiger partial charge is 0.364 e. The predicted molar refractivity (Wildman–Crippen MR) is 41.5 cm³/mol. The molecule has 2 aromatic rings. The number of aromatic nitrogens is 2. The average Bonchev–Trinajstić information content (AvgIpc) is 2.50. The van der Waals surface area contributed by atoms with E-state index in [0.29, 0.717) is 5.82 Å². The summed E-state index contributed by atoms with van der Waals surface area (Å²) in [5.41, 5.74) is 0.818. The van der Waals surface area contributed by atoms with Gasteiger partial charge in [-0.05, 0) is 6.07 Å². The molecule has 3 heteroatoms. The van der Waals surface area contributed by atoms with Crippen LogP contribution < -0.4 is 0 Å². The molecule has 52 valence electrons. The summed E-state index contributed by atoms with van der Waals surface area (Å²) in [6.45, 7) is 6.84. The van der Waals surface area contributed by atoms with Gasteiger partial charge < -0.3 is 4.85 Å². The molecule has 0 aliphatic rings. The summed E-state index contributed by atoms with van der Waals surface area (Å²) in [7, 11) is 0. The van der Waals surface area contributed by atoms with Gasteiger partial charge >= 0.3 is 0 Å². The number of nitrogens with zero attached hydrogens (tertiary/aromatic N) is 3. The van der Waals surface area contributed by atoms with Crippen LogP contribution in [0.4, 0.5) is 5.82 Å². The van der Waals surface area contributed by atoms with Gasteiger partial charge in [0.2, 0.25) is 11.5 Å². The number of pyridine rings is 1. The average molecular weight is 143 g/mol. The van der Waals surface area contributed by atoms with Crippen molar-refractivity contribution in [3.8, 4) is 0 Å². The molecule has 0 fully saturated rings. The lowest BCUT2D eigenvalue weighted by Crippen LogP contribution is -1.80. The van der Waals surface area contributed by atoms with Gasteiger partial charge in [0, 0.05) is 6.07 Å². The molecule has 2 aromatic heterocycles. The van der Waals surface area contributed by atoms with E-state index < -0.39 is 0 Å². The van der Waals surface area contributed by atoms with Gasteiger partial charge in [-0.1, -0.05) is 12.6 Å². The molecule has 0 bridgehead atoms. The first-order valence-electron chi connectivity index (χ1n) is 3.21. The molecular formula is C8H5N3. The molecule has 0 atom stereocenters. The third-order valence-electron chi connectivity index (χ3n) is 1.52. The molecule has 0 aliphatic heterocycles. The zero-order valence-electron chi connectivity index (χ0n) is 5.73. The lowest BCUT2D eigenvalue weighted by molar-refractivity contribution is 1.21. The topological polar surface area (TPSA) is 21.7 Å². The molecule has 0 aromatic carbocycles. The van der Waals surface area contributed by atoms with Crippen LogP contribution >= 0.6 is 0 Å². The Balaban J connectivity index is 2.92. The molecule has 0 unspecified atom stereocenters. The van der Waals surface area contributed by atoms with Gasteiger partial charge in [-0.25, -0.2) is 9.38 Å². The van der Waals surface area contributed by atoms with Gasteiger partial charge in [0.1, 0.15) is 0 Å². The highest BCUT2D eigenvalue weighted by molar-refractivity contribution is 5.50. The third-order valence-corrected chi connectivity index (χ3v) is 1.52. The van der Waals surface area contributed by atoms with E-state index in [1.807, 2.05) is 12.1 Å². The fourth-order valence-electron chi connectivity index (χ4n) is 1.02. The van der Waals surface area contributed by atoms with E-state index >= 15 is 0 Å². The number of hydrogen-bond donors (Lipinski definition) is 0. The second-order valence-corrected chi connectivity index (χ2v) is 2.15. The van der Waals surface area contributed by atoms with E-state index in [2.05, 4.69) is 9.83 Å². The first-order chi connectivity index (χ1) is 5.42. The van der Waals surface area contributed by atoms with Gasteiger partial charge in [0.05, 0.1) is 12.4 Å². The molecular weight excluding hydrogens is 138 g/mol. The molecule has 0 saturated heterocycles. The first-order valence-corrected chi connectivity index (χ1v) is 3.21. The van der Waals surface area contributed by atoms with E-state index in [1.54, 1.807) is 22.9 Å². The van der Waals surface area contributed by atoms with Crippen molar-refractivity contribution in [2.75, 3.05) is 0 Å². The van der Waals surface area contributed by atoms with Crippen molar-refractivity contribution >= 4 is 11.5 Å². The summed E-state index contributed by atoms with van der Waals surface area (Å²) < 4.78 is 1.76. The van der Waals surface area contributed by atoms with Crippen LogP contribution in [0.1, 0.15) is 0 Å². The van der Waals surface area contributed by atoms with Crippen LogP contribution in [0.25, 0.3) is 10.5 Å². The second kappa shape index (κ2) is 2.10. The molecule has 0 N–H and O–H groups in total. The molecule has 0 aliphatic carbocycles. The SMILES string of the molecule is [C-]#[N+]c1cccc2nccn12. The maximum atomic E-state index is 6.84. The lowest BCUT2D eigenvalue weighted by Gasteiger charge is -1.92. The Morgan fingerprint density at radius 1 is 1.45 bits per heavy atom. The Kier molecular flexibility index (Phi) is 1.13. The van der Waals surface area contributed by atoms with Crippen LogP contribution in [0.3, 0.4) is 0 Å². The van der Waals surface area contributed by atoms with Crippen LogP contribution in [0.2, 0.25) is 0 Å². The zero-order valence-corrected chi connectivity index (χ0v) is 5.73. The number of hydrogen-bond acceptors (Lipinski definition) is 1. The smallest absolute Gasteiger partial charge is 0.236 e. The summed E-state index contributed by atoms with van der Waals surface area (Å²) in [6.07, 6.45) is 3.46.